The molecule has 2 aromatic rings. The second-order valence-electron chi connectivity index (χ2n) is 5.56. The standard InChI is InChI=1S/C19H21BrN2O2S/c1-3-12-21-19(24)13(2)22-18(23)11-9-16-8-10-17(25-16)14-4-6-15(20)7-5-14/h4-11,13H,3,12H2,1-2H3,(H,21,24)(H,22,23)/b11-9+. The van der Waals surface area contributed by atoms with Crippen molar-refractivity contribution in [3.63, 3.8) is 0 Å². The van der Waals surface area contributed by atoms with Gasteiger partial charge in [-0.2, -0.15) is 0 Å². The Hall–Kier alpha value is -1.92. The molecular weight excluding hydrogens is 400 g/mol. The quantitative estimate of drug-likeness (QED) is 0.658. The van der Waals surface area contributed by atoms with E-state index in [1.54, 1.807) is 24.3 Å². The second kappa shape index (κ2) is 9.53. The number of rotatable bonds is 7. The number of amides is 2. The van der Waals surface area contributed by atoms with Crippen LogP contribution >= 0.6 is 27.3 Å². The van der Waals surface area contributed by atoms with Crippen LogP contribution in [0.1, 0.15) is 25.1 Å². The second-order valence-corrected chi connectivity index (χ2v) is 7.59. The molecular formula is C19H21BrN2O2S. The molecule has 0 radical (unpaired) electrons. The molecule has 0 spiro atoms. The number of halogens is 1. The summed E-state index contributed by atoms with van der Waals surface area (Å²) in [5.74, 6) is -0.449. The first-order chi connectivity index (χ1) is 12.0. The number of hydrogen-bond donors (Lipinski definition) is 2. The van der Waals surface area contributed by atoms with Gasteiger partial charge in [0.1, 0.15) is 6.04 Å². The van der Waals surface area contributed by atoms with Gasteiger partial charge in [0.05, 0.1) is 0 Å². The van der Waals surface area contributed by atoms with E-state index in [4.69, 9.17) is 0 Å². The average molecular weight is 421 g/mol. The third kappa shape index (κ3) is 6.14. The Balaban J connectivity index is 1.92. The van der Waals surface area contributed by atoms with Gasteiger partial charge in [-0.05, 0) is 49.2 Å². The van der Waals surface area contributed by atoms with Crippen LogP contribution in [0.2, 0.25) is 0 Å². The number of hydrogen-bond acceptors (Lipinski definition) is 3. The minimum Gasteiger partial charge on any atom is -0.354 e. The van der Waals surface area contributed by atoms with Gasteiger partial charge in [0, 0.05) is 26.8 Å². The number of carbonyl (C=O) groups is 2. The predicted molar refractivity (Wildman–Crippen MR) is 107 cm³/mol. The van der Waals surface area contributed by atoms with Crippen LogP contribution < -0.4 is 10.6 Å². The van der Waals surface area contributed by atoms with Crippen molar-refractivity contribution >= 4 is 45.2 Å². The lowest BCUT2D eigenvalue weighted by Gasteiger charge is -2.12. The summed E-state index contributed by atoms with van der Waals surface area (Å²) < 4.78 is 1.04. The molecule has 0 bridgehead atoms. The summed E-state index contributed by atoms with van der Waals surface area (Å²) in [7, 11) is 0. The molecule has 1 atom stereocenters. The van der Waals surface area contributed by atoms with Gasteiger partial charge in [-0.25, -0.2) is 0 Å². The van der Waals surface area contributed by atoms with Crippen LogP contribution in [0, 0.1) is 0 Å². The lowest BCUT2D eigenvalue weighted by molar-refractivity contribution is -0.126. The largest absolute Gasteiger partial charge is 0.354 e. The maximum atomic E-state index is 11.9. The van der Waals surface area contributed by atoms with E-state index < -0.39 is 6.04 Å². The normalized spacial score (nSPS) is 12.1. The lowest BCUT2D eigenvalue weighted by atomic mass is 10.2. The van der Waals surface area contributed by atoms with Gasteiger partial charge >= 0.3 is 0 Å². The summed E-state index contributed by atoms with van der Waals surface area (Å²) in [6.07, 6.45) is 4.09. The highest BCUT2D eigenvalue weighted by Crippen LogP contribution is 2.29. The van der Waals surface area contributed by atoms with E-state index in [1.807, 2.05) is 43.3 Å². The molecule has 2 N–H and O–H groups in total. The molecule has 2 rings (SSSR count). The summed E-state index contributed by atoms with van der Waals surface area (Å²) in [6.45, 7) is 4.27. The van der Waals surface area contributed by atoms with E-state index >= 15 is 0 Å². The molecule has 0 aliphatic heterocycles. The van der Waals surface area contributed by atoms with Gasteiger partial charge in [0.15, 0.2) is 0 Å². The van der Waals surface area contributed by atoms with Gasteiger partial charge < -0.3 is 10.6 Å². The van der Waals surface area contributed by atoms with Gasteiger partial charge in [-0.1, -0.05) is 35.0 Å². The van der Waals surface area contributed by atoms with Crippen LogP contribution in [0.4, 0.5) is 0 Å². The highest BCUT2D eigenvalue weighted by atomic mass is 79.9. The summed E-state index contributed by atoms with van der Waals surface area (Å²) in [6, 6.07) is 11.6. The van der Waals surface area contributed by atoms with Crippen molar-refractivity contribution in [2.45, 2.75) is 26.3 Å². The molecule has 0 saturated heterocycles. The molecule has 1 heterocycles. The molecule has 4 nitrogen and oxygen atoms in total. The van der Waals surface area contributed by atoms with Crippen LogP contribution in [-0.2, 0) is 9.59 Å². The first-order valence-corrected chi connectivity index (χ1v) is 9.72. The van der Waals surface area contributed by atoms with Crippen LogP contribution in [0.15, 0.2) is 46.9 Å². The Morgan fingerprint density at radius 3 is 2.60 bits per heavy atom. The third-order valence-electron chi connectivity index (χ3n) is 3.46. The molecule has 0 aliphatic rings. The minimum absolute atomic E-state index is 0.169. The smallest absolute Gasteiger partial charge is 0.244 e. The van der Waals surface area contributed by atoms with Crippen molar-refractivity contribution in [3.8, 4) is 10.4 Å². The van der Waals surface area contributed by atoms with Crippen molar-refractivity contribution in [2.75, 3.05) is 6.54 Å². The number of nitrogens with one attached hydrogen (secondary N) is 2. The molecule has 1 aromatic carbocycles. The van der Waals surface area contributed by atoms with Gasteiger partial charge in [-0.3, -0.25) is 9.59 Å². The van der Waals surface area contributed by atoms with Gasteiger partial charge in [-0.15, -0.1) is 11.3 Å². The summed E-state index contributed by atoms with van der Waals surface area (Å²) in [5.41, 5.74) is 1.14. The molecule has 2 amide bonds. The van der Waals surface area contributed by atoms with Crippen LogP contribution in [0.3, 0.4) is 0 Å². The molecule has 132 valence electrons. The van der Waals surface area contributed by atoms with Crippen molar-refractivity contribution in [1.82, 2.24) is 10.6 Å². The minimum atomic E-state index is -0.551. The van der Waals surface area contributed by atoms with Crippen LogP contribution in [-0.4, -0.2) is 24.4 Å². The Kier molecular flexibility index (Phi) is 7.40. The van der Waals surface area contributed by atoms with Crippen molar-refractivity contribution in [1.29, 1.82) is 0 Å². The Bertz CT molecular complexity index is 753. The summed E-state index contributed by atoms with van der Waals surface area (Å²) in [5, 5.41) is 5.42. The zero-order valence-electron chi connectivity index (χ0n) is 14.2. The SMILES string of the molecule is CCCNC(=O)C(C)NC(=O)/C=C/c1ccc(-c2ccc(Br)cc2)s1. The highest BCUT2D eigenvalue weighted by molar-refractivity contribution is 9.10. The number of thiophene rings is 1. The van der Waals surface area contributed by atoms with Crippen LogP contribution in [0.5, 0.6) is 0 Å². The fourth-order valence-corrected chi connectivity index (χ4v) is 3.28. The zero-order valence-corrected chi connectivity index (χ0v) is 16.6. The monoisotopic (exact) mass is 420 g/mol. The fourth-order valence-electron chi connectivity index (χ4n) is 2.10. The maximum absolute atomic E-state index is 11.9. The topological polar surface area (TPSA) is 58.2 Å². The molecule has 6 heteroatoms. The number of benzene rings is 1. The third-order valence-corrected chi connectivity index (χ3v) is 5.08. The first kappa shape index (κ1) is 19.4. The van der Waals surface area contributed by atoms with Gasteiger partial charge in [0.2, 0.25) is 11.8 Å². The number of carbonyl (C=O) groups excluding carboxylic acids is 2. The Labute approximate surface area is 160 Å². The molecule has 1 unspecified atom stereocenters. The zero-order chi connectivity index (χ0) is 18.2. The Morgan fingerprint density at radius 1 is 1.20 bits per heavy atom. The van der Waals surface area contributed by atoms with E-state index in [-0.39, 0.29) is 11.8 Å². The molecule has 0 saturated carbocycles. The van der Waals surface area contributed by atoms with E-state index in [0.29, 0.717) is 6.54 Å². The lowest BCUT2D eigenvalue weighted by Crippen LogP contribution is -2.44. The van der Waals surface area contributed by atoms with Crippen molar-refractivity contribution in [2.24, 2.45) is 0 Å². The van der Waals surface area contributed by atoms with E-state index in [1.165, 1.54) is 6.08 Å². The van der Waals surface area contributed by atoms with E-state index in [0.717, 1.165) is 26.2 Å². The highest BCUT2D eigenvalue weighted by Gasteiger charge is 2.13. The summed E-state index contributed by atoms with van der Waals surface area (Å²) >= 11 is 5.04. The summed E-state index contributed by atoms with van der Waals surface area (Å²) in [4.78, 5) is 25.8. The van der Waals surface area contributed by atoms with Crippen molar-refractivity contribution in [3.05, 3.63) is 51.8 Å². The van der Waals surface area contributed by atoms with E-state index in [2.05, 4.69) is 26.6 Å². The first-order valence-electron chi connectivity index (χ1n) is 8.11. The predicted octanol–water partition coefficient (Wildman–Crippen LogP) is 4.22. The molecule has 0 fully saturated rings. The average Bonchev–Trinajstić information content (AvgIpc) is 3.07. The molecule has 25 heavy (non-hydrogen) atoms. The molecule has 0 aliphatic carbocycles. The van der Waals surface area contributed by atoms with E-state index in [9.17, 15) is 9.59 Å². The Morgan fingerprint density at radius 2 is 1.92 bits per heavy atom. The van der Waals surface area contributed by atoms with Gasteiger partial charge in [0.25, 0.3) is 0 Å². The van der Waals surface area contributed by atoms with Crippen LogP contribution in [0.25, 0.3) is 16.5 Å². The fraction of sp³-hybridized carbons (Fsp3) is 0.263. The maximum Gasteiger partial charge on any atom is 0.244 e. The molecule has 1 aromatic heterocycles. The van der Waals surface area contributed by atoms with Crippen molar-refractivity contribution < 1.29 is 9.59 Å².